The quantitative estimate of drug-likeness (QED) is 0.280. The Hall–Kier alpha value is -0.649. The van der Waals surface area contributed by atoms with Gasteiger partial charge in [0.25, 0.3) is 0 Å². The number of nitrogens with zero attached hydrogens (tertiary/aromatic N) is 2. The zero-order valence-corrected chi connectivity index (χ0v) is 23.6. The van der Waals surface area contributed by atoms with Gasteiger partial charge >= 0.3 is 35.6 Å². The minimum atomic E-state index is -1.77. The second kappa shape index (κ2) is 10.5. The van der Waals surface area contributed by atoms with Gasteiger partial charge in [-0.25, -0.2) is 0 Å². The summed E-state index contributed by atoms with van der Waals surface area (Å²) in [6.07, 6.45) is 23.9. The first kappa shape index (κ1) is 25.4. The van der Waals surface area contributed by atoms with Gasteiger partial charge in [-0.1, -0.05) is 110 Å². The molecule has 5 aliphatic rings. The number of hydrogen-bond acceptors (Lipinski definition) is 1. The predicted octanol–water partition coefficient (Wildman–Crippen LogP) is 7.90. The molecule has 0 radical (unpaired) electrons. The van der Waals surface area contributed by atoms with E-state index in [9.17, 15) is 0 Å². The Labute approximate surface area is 217 Å². The summed E-state index contributed by atoms with van der Waals surface area (Å²) in [5, 5.41) is 5.17. The van der Waals surface area contributed by atoms with Gasteiger partial charge in [0.15, 0.2) is 0 Å². The Morgan fingerprint density at radius 1 is 0.879 bits per heavy atom. The summed E-state index contributed by atoms with van der Waals surface area (Å²) in [5.41, 5.74) is 3.48. The van der Waals surface area contributed by atoms with Crippen LogP contribution in [-0.4, -0.2) is 25.5 Å². The van der Waals surface area contributed by atoms with Crippen molar-refractivity contribution in [2.24, 2.45) is 23.7 Å². The average molecular weight is 531 g/mol. The molecule has 174 valence electrons. The van der Waals surface area contributed by atoms with Gasteiger partial charge in [0.05, 0.1) is 0 Å². The van der Waals surface area contributed by atoms with Crippen molar-refractivity contribution in [3.05, 3.63) is 103 Å². The van der Waals surface area contributed by atoms with Crippen LogP contribution in [-0.2, 0) is 17.0 Å². The van der Waals surface area contributed by atoms with Gasteiger partial charge in [-0.15, -0.1) is 6.67 Å². The molecular formula is C27H32Cl2N2SiTi-2. The van der Waals surface area contributed by atoms with E-state index >= 15 is 0 Å². The molecule has 0 bridgehead atoms. The van der Waals surface area contributed by atoms with Crippen LogP contribution in [0.2, 0.25) is 18.6 Å². The summed E-state index contributed by atoms with van der Waals surface area (Å²) < 4.78 is 2.83. The molecule has 0 aromatic heterocycles. The number of rotatable bonds is 2. The summed E-state index contributed by atoms with van der Waals surface area (Å²) in [6.45, 7) is 6.11. The first-order valence-corrected chi connectivity index (χ1v) is 18.8. The van der Waals surface area contributed by atoms with Gasteiger partial charge in [-0.05, 0) is 34.8 Å². The van der Waals surface area contributed by atoms with E-state index in [4.69, 9.17) is 23.9 Å². The molecule has 0 spiro atoms. The molecule has 1 saturated heterocycles. The molecule has 5 unspecified atom stereocenters. The third-order valence-corrected chi connectivity index (χ3v) is 12.5. The predicted molar refractivity (Wildman–Crippen MR) is 142 cm³/mol. The van der Waals surface area contributed by atoms with E-state index in [1.165, 1.54) is 11.1 Å². The van der Waals surface area contributed by atoms with Crippen molar-refractivity contribution in [2.45, 2.75) is 30.7 Å². The Morgan fingerprint density at radius 3 is 2.03 bits per heavy atom. The third kappa shape index (κ3) is 4.40. The number of fused-ring (bicyclic) bond motifs is 6. The first-order valence-electron chi connectivity index (χ1n) is 11.4. The van der Waals surface area contributed by atoms with Gasteiger partial charge in [0.1, 0.15) is 8.24 Å². The van der Waals surface area contributed by atoms with E-state index in [2.05, 4.69) is 103 Å². The van der Waals surface area contributed by atoms with Crippen molar-refractivity contribution in [3.63, 3.8) is 0 Å². The minimum absolute atomic E-state index is 0. The molecule has 0 N–H and O–H groups in total. The van der Waals surface area contributed by atoms with Crippen molar-refractivity contribution in [1.82, 2.24) is 4.57 Å². The second-order valence-corrected chi connectivity index (χ2v) is 16.9. The molecule has 1 aromatic carbocycles. The molecule has 6 heteroatoms. The summed E-state index contributed by atoms with van der Waals surface area (Å²) in [4.78, 5) is 0. The number of hydrogen-bond donors (Lipinski definition) is 0. The Balaban J connectivity index is 0.000000617. The topological polar surface area (TPSA) is 17.3 Å². The fourth-order valence-corrected chi connectivity index (χ4v) is 11.3. The fourth-order valence-electron chi connectivity index (χ4n) is 6.90. The Bertz CT molecular complexity index is 968. The van der Waals surface area contributed by atoms with Crippen LogP contribution in [0.15, 0.2) is 78.9 Å². The Kier molecular flexibility index (Phi) is 8.13. The maximum absolute atomic E-state index is 5.17. The van der Waals surface area contributed by atoms with E-state index < -0.39 is 25.3 Å². The number of allylic oxidation sites excluding steroid dienone is 8. The molecular weight excluding hydrogens is 499 g/mol. The van der Waals surface area contributed by atoms with Gasteiger partial charge in [0.2, 0.25) is 0 Å². The summed E-state index contributed by atoms with van der Waals surface area (Å²) >= 11 is -0.556. The van der Waals surface area contributed by atoms with Crippen molar-refractivity contribution in [1.29, 1.82) is 0 Å². The van der Waals surface area contributed by atoms with E-state index in [0.29, 0.717) is 35.8 Å². The molecule has 4 aliphatic carbocycles. The molecule has 1 aromatic rings. The first-order chi connectivity index (χ1) is 15.6. The van der Waals surface area contributed by atoms with Crippen molar-refractivity contribution < 1.29 is 17.0 Å². The molecule has 0 amide bonds. The molecule has 2 fully saturated rings. The molecule has 2 nitrogen and oxygen atoms in total. The second-order valence-electron chi connectivity index (χ2n) is 9.82. The van der Waals surface area contributed by atoms with Crippen LogP contribution in [0.3, 0.4) is 0 Å². The SMILES string of the molecule is C[Si](C)(C1C2C=CC=CC2C2C=CC=CC21)N1C[N-]C2c3ccccc3C=C[C@H]21.[CH3-].[Cl][Ti][Cl]. The van der Waals surface area contributed by atoms with Crippen LogP contribution in [0.5, 0.6) is 0 Å². The molecule has 33 heavy (non-hydrogen) atoms. The zero-order valence-electron chi connectivity index (χ0n) is 19.5. The van der Waals surface area contributed by atoms with Gasteiger partial charge in [-0.3, -0.25) is 0 Å². The summed E-state index contributed by atoms with van der Waals surface area (Å²) in [5.74, 6) is 2.62. The molecule has 1 aliphatic heterocycles. The van der Waals surface area contributed by atoms with E-state index in [1.54, 1.807) is 0 Å². The van der Waals surface area contributed by atoms with Crippen LogP contribution < -0.4 is 0 Å². The van der Waals surface area contributed by atoms with E-state index in [-0.39, 0.29) is 7.43 Å². The normalized spacial score (nSPS) is 35.0. The molecule has 1 heterocycles. The van der Waals surface area contributed by atoms with Crippen LogP contribution in [0.1, 0.15) is 17.2 Å². The molecule has 6 rings (SSSR count). The van der Waals surface area contributed by atoms with E-state index in [1.807, 2.05) is 0 Å². The van der Waals surface area contributed by atoms with Gasteiger partial charge in [-0.2, -0.15) is 0 Å². The third-order valence-electron chi connectivity index (χ3n) is 8.18. The summed E-state index contributed by atoms with van der Waals surface area (Å²) in [7, 11) is 8.01. The molecule has 1 saturated carbocycles. The summed E-state index contributed by atoms with van der Waals surface area (Å²) in [6, 6.07) is 9.55. The van der Waals surface area contributed by atoms with Crippen LogP contribution >= 0.6 is 18.6 Å². The van der Waals surface area contributed by atoms with Crippen molar-refractivity contribution in [3.8, 4) is 0 Å². The van der Waals surface area contributed by atoms with Gasteiger partial charge in [0, 0.05) is 6.04 Å². The van der Waals surface area contributed by atoms with Crippen LogP contribution in [0.4, 0.5) is 0 Å². The fraction of sp³-hybridized carbons (Fsp3) is 0.370. The van der Waals surface area contributed by atoms with Crippen LogP contribution in [0.25, 0.3) is 11.4 Å². The van der Waals surface area contributed by atoms with E-state index in [0.717, 1.165) is 12.2 Å². The maximum atomic E-state index is 5.17. The van der Waals surface area contributed by atoms with Crippen LogP contribution in [0, 0.1) is 31.1 Å². The monoisotopic (exact) mass is 530 g/mol. The van der Waals surface area contributed by atoms with Gasteiger partial charge < -0.3 is 17.3 Å². The number of benzene rings is 1. The average Bonchev–Trinajstić information content (AvgIpc) is 3.40. The Morgan fingerprint density at radius 2 is 1.42 bits per heavy atom. The standard InChI is InChI=1S/C26H29N2Si.CH3.2ClH.Ti/c1-29(2,26-22-13-7-5-11-20(22)21-12-6-8-14-23(21)26)28-17-27-25-19-10-4-3-9-18(19)15-16-24(25)28;;;;/h3-16,20-26H,17H2,1-2H3;1H3;2*1H;/q2*-1;;;+2/p-2/t20?,21?,22?,23?,24-,25?,26?;;;;/m1..../s1. The zero-order chi connectivity index (χ0) is 22.3. The molecule has 6 atom stereocenters. The van der Waals surface area contributed by atoms with Crippen molar-refractivity contribution in [2.75, 3.05) is 6.67 Å². The van der Waals surface area contributed by atoms with Crippen molar-refractivity contribution >= 4 is 32.9 Å². The number of halogens is 2.